The van der Waals surface area contributed by atoms with Gasteiger partial charge in [0.15, 0.2) is 5.82 Å². The van der Waals surface area contributed by atoms with Gasteiger partial charge in [0.25, 0.3) is 0 Å². The Morgan fingerprint density at radius 1 is 0.271 bits per heavy atom. The Balaban J connectivity index is 1.01. The quantitative estimate of drug-likeness (QED) is 0.162. The van der Waals surface area contributed by atoms with Gasteiger partial charge in [-0.25, -0.2) is 9.97 Å². The summed E-state index contributed by atoms with van der Waals surface area (Å²) in [5, 5.41) is 4.85. The van der Waals surface area contributed by atoms with Crippen LogP contribution >= 0.6 is 0 Å². The molecule has 0 saturated carbocycles. The number of hydrogen-bond donors (Lipinski definition) is 0. The molecule has 0 fully saturated rings. The molecule has 9 aromatic carbocycles. The van der Waals surface area contributed by atoms with Gasteiger partial charge in [-0.3, -0.25) is 0 Å². The highest BCUT2D eigenvalue weighted by atomic mass is 15.0. The third kappa shape index (κ3) is 6.26. The van der Waals surface area contributed by atoms with Gasteiger partial charge in [0.1, 0.15) is 0 Å². The van der Waals surface area contributed by atoms with E-state index in [4.69, 9.17) is 9.97 Å². The molecule has 0 N–H and O–H groups in total. The Kier molecular flexibility index (Phi) is 8.49. The second-order valence-corrected chi connectivity index (χ2v) is 15.0. The first kappa shape index (κ1) is 34.4. The van der Waals surface area contributed by atoms with Crippen LogP contribution in [0.4, 0.5) is 0 Å². The molecule has 0 bridgehead atoms. The lowest BCUT2D eigenvalue weighted by Crippen LogP contribution is -1.97. The normalized spacial score (nSPS) is 11.4. The molecular formula is C56H37N3. The summed E-state index contributed by atoms with van der Waals surface area (Å²) in [4.78, 5) is 10.5. The number of rotatable bonds is 7. The number of fused-ring (bicyclic) bond motifs is 4. The molecule has 0 aliphatic rings. The summed E-state index contributed by atoms with van der Waals surface area (Å²) in [5.41, 5.74) is 15.4. The third-order valence-electron chi connectivity index (χ3n) is 11.5. The van der Waals surface area contributed by atoms with Crippen molar-refractivity contribution >= 4 is 32.6 Å². The molecule has 0 saturated heterocycles. The highest BCUT2D eigenvalue weighted by molar-refractivity contribution is 6.09. The van der Waals surface area contributed by atoms with Crippen molar-refractivity contribution < 1.29 is 0 Å². The molecule has 3 heteroatoms. The lowest BCUT2D eigenvalue weighted by atomic mass is 9.93. The summed E-state index contributed by atoms with van der Waals surface area (Å²) in [6, 6.07) is 79.8. The number of nitrogens with zero attached hydrogens (tertiary/aromatic N) is 3. The summed E-state index contributed by atoms with van der Waals surface area (Å²) in [5.74, 6) is 0.693. The maximum Gasteiger partial charge on any atom is 0.160 e. The Labute approximate surface area is 343 Å². The number of para-hydroxylation sites is 2. The topological polar surface area (TPSA) is 30.7 Å². The van der Waals surface area contributed by atoms with Crippen LogP contribution in [0.2, 0.25) is 0 Å². The van der Waals surface area contributed by atoms with E-state index in [1.807, 2.05) is 12.1 Å². The van der Waals surface area contributed by atoms with E-state index in [9.17, 15) is 0 Å². The highest BCUT2D eigenvalue weighted by Gasteiger charge is 2.16. The first-order chi connectivity index (χ1) is 29.2. The van der Waals surface area contributed by atoms with Gasteiger partial charge in [-0.1, -0.05) is 194 Å². The lowest BCUT2D eigenvalue weighted by molar-refractivity contribution is 1.18. The van der Waals surface area contributed by atoms with Crippen LogP contribution in [0.5, 0.6) is 0 Å². The monoisotopic (exact) mass is 751 g/mol. The minimum atomic E-state index is 0.693. The second-order valence-electron chi connectivity index (χ2n) is 15.0. The molecule has 0 spiro atoms. The van der Waals surface area contributed by atoms with Crippen molar-refractivity contribution in [3.8, 4) is 73.0 Å². The number of hydrogen-bond acceptors (Lipinski definition) is 2. The van der Waals surface area contributed by atoms with Gasteiger partial charge in [-0.2, -0.15) is 0 Å². The van der Waals surface area contributed by atoms with E-state index in [1.165, 1.54) is 55.0 Å². The van der Waals surface area contributed by atoms with Gasteiger partial charge in [0, 0.05) is 33.2 Å². The smallest absolute Gasteiger partial charge is 0.160 e. The van der Waals surface area contributed by atoms with Crippen molar-refractivity contribution in [2.24, 2.45) is 0 Å². The van der Waals surface area contributed by atoms with Crippen molar-refractivity contribution in [1.29, 1.82) is 0 Å². The molecule has 276 valence electrons. The second kappa shape index (κ2) is 14.6. The standard InChI is InChI=1S/C56H37N3/c1-3-13-38(14-4-1)40-23-27-43(28-24-40)52-37-53(58-56(57-52)44-29-25-41(26-30-44)39-15-5-2-6-16-39)49-36-35-46(47-17-7-8-18-48(47)49)42-31-33-45(34-32-42)59-54-21-11-9-19-50(54)51-20-10-12-22-55(51)59/h1-37H. The van der Waals surface area contributed by atoms with E-state index >= 15 is 0 Å². The minimum Gasteiger partial charge on any atom is -0.309 e. The van der Waals surface area contributed by atoms with Crippen LogP contribution in [0, 0.1) is 0 Å². The largest absolute Gasteiger partial charge is 0.309 e. The molecule has 3 nitrogen and oxygen atoms in total. The summed E-state index contributed by atoms with van der Waals surface area (Å²) >= 11 is 0. The van der Waals surface area contributed by atoms with E-state index < -0.39 is 0 Å². The van der Waals surface area contributed by atoms with Crippen LogP contribution in [0.1, 0.15) is 0 Å². The zero-order valence-electron chi connectivity index (χ0n) is 32.2. The molecule has 0 aliphatic carbocycles. The van der Waals surface area contributed by atoms with Gasteiger partial charge in [0.05, 0.1) is 22.4 Å². The molecular weight excluding hydrogens is 715 g/mol. The van der Waals surface area contributed by atoms with Gasteiger partial charge in [-0.05, 0) is 74.5 Å². The maximum atomic E-state index is 5.30. The number of aromatic nitrogens is 3. The molecule has 0 amide bonds. The summed E-state index contributed by atoms with van der Waals surface area (Å²) in [6.45, 7) is 0. The average Bonchev–Trinajstić information content (AvgIpc) is 3.66. The molecule has 11 rings (SSSR count). The zero-order chi connectivity index (χ0) is 39.1. The Hall–Kier alpha value is -7.88. The van der Waals surface area contributed by atoms with Crippen molar-refractivity contribution in [3.63, 3.8) is 0 Å². The molecule has 59 heavy (non-hydrogen) atoms. The predicted molar refractivity (Wildman–Crippen MR) is 246 cm³/mol. The average molecular weight is 752 g/mol. The third-order valence-corrected chi connectivity index (χ3v) is 11.5. The van der Waals surface area contributed by atoms with Crippen molar-refractivity contribution in [1.82, 2.24) is 14.5 Å². The van der Waals surface area contributed by atoms with Crippen LogP contribution in [0.25, 0.3) is 106 Å². The molecule has 0 aliphatic heterocycles. The van der Waals surface area contributed by atoms with Gasteiger partial charge >= 0.3 is 0 Å². The SMILES string of the molecule is c1ccc(-c2ccc(-c3cc(-c4ccc(-c5ccc(-n6c7ccccc7c7ccccc76)cc5)c5ccccc45)nc(-c4ccc(-c5ccccc5)cc4)n3)cc2)cc1. The first-order valence-corrected chi connectivity index (χ1v) is 20.1. The molecule has 0 unspecified atom stereocenters. The van der Waals surface area contributed by atoms with Gasteiger partial charge < -0.3 is 4.57 Å². The number of benzene rings is 9. The van der Waals surface area contributed by atoms with Crippen molar-refractivity contribution in [3.05, 3.63) is 224 Å². The van der Waals surface area contributed by atoms with E-state index in [-0.39, 0.29) is 0 Å². The Morgan fingerprint density at radius 3 is 1.25 bits per heavy atom. The van der Waals surface area contributed by atoms with Crippen molar-refractivity contribution in [2.45, 2.75) is 0 Å². The van der Waals surface area contributed by atoms with Crippen LogP contribution in [0.3, 0.4) is 0 Å². The predicted octanol–water partition coefficient (Wildman–Crippen LogP) is 14.7. The maximum absolute atomic E-state index is 5.30. The van der Waals surface area contributed by atoms with E-state index in [2.05, 4.69) is 217 Å². The summed E-state index contributed by atoms with van der Waals surface area (Å²) in [7, 11) is 0. The minimum absolute atomic E-state index is 0.693. The highest BCUT2D eigenvalue weighted by Crippen LogP contribution is 2.39. The van der Waals surface area contributed by atoms with Crippen LogP contribution in [-0.4, -0.2) is 14.5 Å². The molecule has 2 aromatic heterocycles. The fourth-order valence-corrected chi connectivity index (χ4v) is 8.53. The molecule has 0 radical (unpaired) electrons. The van der Waals surface area contributed by atoms with Crippen LogP contribution < -0.4 is 0 Å². The molecule has 2 heterocycles. The van der Waals surface area contributed by atoms with Gasteiger partial charge in [-0.15, -0.1) is 0 Å². The van der Waals surface area contributed by atoms with Crippen LogP contribution in [-0.2, 0) is 0 Å². The van der Waals surface area contributed by atoms with E-state index in [0.29, 0.717) is 5.82 Å². The van der Waals surface area contributed by atoms with E-state index in [0.717, 1.165) is 44.7 Å². The summed E-state index contributed by atoms with van der Waals surface area (Å²) in [6.07, 6.45) is 0. The lowest BCUT2D eigenvalue weighted by Gasteiger charge is -2.15. The fraction of sp³-hybridized carbons (Fsp3) is 0. The Morgan fingerprint density at radius 2 is 0.678 bits per heavy atom. The summed E-state index contributed by atoms with van der Waals surface area (Å²) < 4.78 is 2.37. The van der Waals surface area contributed by atoms with Gasteiger partial charge in [0.2, 0.25) is 0 Å². The Bertz CT molecular complexity index is 3120. The van der Waals surface area contributed by atoms with E-state index in [1.54, 1.807) is 0 Å². The first-order valence-electron chi connectivity index (χ1n) is 20.1. The molecule has 11 aromatic rings. The van der Waals surface area contributed by atoms with Crippen LogP contribution in [0.15, 0.2) is 224 Å². The molecule has 0 atom stereocenters. The zero-order valence-corrected chi connectivity index (χ0v) is 32.2. The van der Waals surface area contributed by atoms with Crippen molar-refractivity contribution in [2.75, 3.05) is 0 Å². The fourth-order valence-electron chi connectivity index (χ4n) is 8.53.